The van der Waals surface area contributed by atoms with Crippen molar-refractivity contribution in [3.05, 3.63) is 69.9 Å². The summed E-state index contributed by atoms with van der Waals surface area (Å²) in [5.74, 6) is 0.238. The molecular formula is C21H21FN4OS. The summed E-state index contributed by atoms with van der Waals surface area (Å²) >= 11 is 1.53. The quantitative estimate of drug-likeness (QED) is 0.691. The molecule has 0 spiro atoms. The fourth-order valence-electron chi connectivity index (χ4n) is 3.45. The lowest BCUT2D eigenvalue weighted by molar-refractivity contribution is 0.0711. The van der Waals surface area contributed by atoms with E-state index in [1.54, 1.807) is 24.4 Å². The first-order chi connectivity index (χ1) is 13.6. The summed E-state index contributed by atoms with van der Waals surface area (Å²) in [6, 6.07) is 12.2. The highest BCUT2D eigenvalue weighted by Crippen LogP contribution is 2.28. The summed E-state index contributed by atoms with van der Waals surface area (Å²) in [5.41, 5.74) is 1.21. The Morgan fingerprint density at radius 3 is 2.89 bits per heavy atom. The van der Waals surface area contributed by atoms with Gasteiger partial charge in [0, 0.05) is 30.1 Å². The molecule has 7 heteroatoms. The minimum atomic E-state index is -0.350. The molecule has 1 N–H and O–H groups in total. The number of halogens is 1. The standard InChI is InChI=1S/C21H21FN4OS/c1-14-8-9-19(28-14)20(27)26-12-4-5-15(13-26)17-10-11-23-21(24-17)25-18-7-3-2-6-16(18)22/h2-3,6-11,15H,4-5,12-13H2,1H3,(H,23,24,25). The molecule has 1 fully saturated rings. The fraction of sp³-hybridized carbons (Fsp3) is 0.286. The highest BCUT2D eigenvalue weighted by atomic mass is 32.1. The number of nitrogens with zero attached hydrogens (tertiary/aromatic N) is 3. The Labute approximate surface area is 167 Å². The molecule has 1 atom stereocenters. The van der Waals surface area contributed by atoms with E-state index in [0.29, 0.717) is 18.2 Å². The third-order valence-electron chi connectivity index (χ3n) is 4.88. The van der Waals surface area contributed by atoms with Gasteiger partial charge in [0.2, 0.25) is 5.95 Å². The van der Waals surface area contributed by atoms with Gasteiger partial charge in [-0.15, -0.1) is 11.3 Å². The molecule has 28 heavy (non-hydrogen) atoms. The first-order valence-electron chi connectivity index (χ1n) is 9.30. The first-order valence-corrected chi connectivity index (χ1v) is 10.1. The van der Waals surface area contributed by atoms with E-state index < -0.39 is 0 Å². The minimum Gasteiger partial charge on any atom is -0.337 e. The van der Waals surface area contributed by atoms with Crippen LogP contribution in [0.1, 0.15) is 39.0 Å². The van der Waals surface area contributed by atoms with Crippen LogP contribution < -0.4 is 5.32 Å². The maximum atomic E-state index is 13.9. The van der Waals surface area contributed by atoms with E-state index in [1.807, 2.05) is 30.0 Å². The number of aromatic nitrogens is 2. The molecule has 0 aliphatic carbocycles. The van der Waals surface area contributed by atoms with E-state index in [4.69, 9.17) is 0 Å². The van der Waals surface area contributed by atoms with Crippen LogP contribution in [-0.4, -0.2) is 33.9 Å². The second-order valence-electron chi connectivity index (χ2n) is 6.91. The van der Waals surface area contributed by atoms with Gasteiger partial charge in [0.1, 0.15) is 5.82 Å². The average molecular weight is 396 g/mol. The average Bonchev–Trinajstić information content (AvgIpc) is 3.16. The van der Waals surface area contributed by atoms with E-state index in [1.165, 1.54) is 17.4 Å². The van der Waals surface area contributed by atoms with Crippen molar-refractivity contribution in [3.63, 3.8) is 0 Å². The third kappa shape index (κ3) is 4.04. The number of hydrogen-bond donors (Lipinski definition) is 1. The van der Waals surface area contributed by atoms with Gasteiger partial charge in [-0.05, 0) is 50.1 Å². The smallest absolute Gasteiger partial charge is 0.263 e. The van der Waals surface area contributed by atoms with Crippen molar-refractivity contribution in [2.75, 3.05) is 18.4 Å². The lowest BCUT2D eigenvalue weighted by Gasteiger charge is -2.32. The van der Waals surface area contributed by atoms with Crippen LogP contribution in [0.5, 0.6) is 0 Å². The Bertz CT molecular complexity index is 990. The van der Waals surface area contributed by atoms with Crippen molar-refractivity contribution in [3.8, 4) is 0 Å². The summed E-state index contributed by atoms with van der Waals surface area (Å²) in [5, 5.41) is 2.94. The van der Waals surface area contributed by atoms with E-state index in [0.717, 1.165) is 34.8 Å². The fourth-order valence-corrected chi connectivity index (χ4v) is 4.29. The Hall–Kier alpha value is -2.80. The summed E-state index contributed by atoms with van der Waals surface area (Å²) in [6.45, 7) is 3.40. The number of thiophene rings is 1. The molecule has 4 rings (SSSR count). The lowest BCUT2D eigenvalue weighted by atomic mass is 9.94. The third-order valence-corrected chi connectivity index (χ3v) is 5.86. The van der Waals surface area contributed by atoms with Crippen LogP contribution in [0.15, 0.2) is 48.7 Å². The molecule has 1 amide bonds. The van der Waals surface area contributed by atoms with Crippen molar-refractivity contribution < 1.29 is 9.18 Å². The van der Waals surface area contributed by atoms with Crippen LogP contribution in [-0.2, 0) is 0 Å². The summed E-state index contributed by atoms with van der Waals surface area (Å²) in [4.78, 5) is 25.4. The summed E-state index contributed by atoms with van der Waals surface area (Å²) in [6.07, 6.45) is 3.57. The normalized spacial score (nSPS) is 16.8. The Balaban J connectivity index is 1.49. The van der Waals surface area contributed by atoms with Crippen molar-refractivity contribution >= 4 is 28.9 Å². The van der Waals surface area contributed by atoms with Crippen LogP contribution in [0.2, 0.25) is 0 Å². The summed E-state index contributed by atoms with van der Waals surface area (Å²) < 4.78 is 13.9. The van der Waals surface area contributed by atoms with E-state index in [9.17, 15) is 9.18 Å². The van der Waals surface area contributed by atoms with Crippen molar-refractivity contribution in [2.24, 2.45) is 0 Å². The molecule has 3 aromatic rings. The van der Waals surface area contributed by atoms with Gasteiger partial charge in [0.15, 0.2) is 0 Å². The number of rotatable bonds is 4. The number of likely N-dealkylation sites (tertiary alicyclic amines) is 1. The Morgan fingerprint density at radius 1 is 1.25 bits per heavy atom. The topological polar surface area (TPSA) is 58.1 Å². The van der Waals surface area contributed by atoms with Gasteiger partial charge >= 0.3 is 0 Å². The number of piperidine rings is 1. The number of hydrogen-bond acceptors (Lipinski definition) is 5. The molecule has 2 aromatic heterocycles. The van der Waals surface area contributed by atoms with Gasteiger partial charge in [-0.3, -0.25) is 4.79 Å². The van der Waals surface area contributed by atoms with Gasteiger partial charge in [-0.1, -0.05) is 12.1 Å². The van der Waals surface area contributed by atoms with Crippen LogP contribution in [0.4, 0.5) is 16.0 Å². The molecule has 1 aliphatic heterocycles. The second-order valence-corrected chi connectivity index (χ2v) is 8.20. The van der Waals surface area contributed by atoms with Gasteiger partial charge < -0.3 is 10.2 Å². The molecule has 0 saturated carbocycles. The molecule has 0 bridgehead atoms. The number of anilines is 2. The minimum absolute atomic E-state index is 0.0848. The molecule has 3 heterocycles. The van der Waals surface area contributed by atoms with Crippen molar-refractivity contribution in [1.82, 2.24) is 14.9 Å². The maximum absolute atomic E-state index is 13.9. The van der Waals surface area contributed by atoms with Gasteiger partial charge in [0.25, 0.3) is 5.91 Å². The van der Waals surface area contributed by atoms with E-state index >= 15 is 0 Å². The number of carbonyl (C=O) groups is 1. The van der Waals surface area contributed by atoms with Crippen LogP contribution in [0, 0.1) is 12.7 Å². The Morgan fingerprint density at radius 2 is 2.11 bits per heavy atom. The molecule has 1 saturated heterocycles. The van der Waals surface area contributed by atoms with Gasteiger partial charge in [0.05, 0.1) is 16.3 Å². The van der Waals surface area contributed by atoms with Crippen LogP contribution in [0.25, 0.3) is 0 Å². The molecule has 1 aliphatic rings. The molecule has 0 radical (unpaired) electrons. The number of benzene rings is 1. The lowest BCUT2D eigenvalue weighted by Crippen LogP contribution is -2.39. The largest absolute Gasteiger partial charge is 0.337 e. The number of para-hydroxylation sites is 1. The van der Waals surface area contributed by atoms with Gasteiger partial charge in [-0.25, -0.2) is 14.4 Å². The zero-order valence-electron chi connectivity index (χ0n) is 15.6. The summed E-state index contributed by atoms with van der Waals surface area (Å²) in [7, 11) is 0. The van der Waals surface area contributed by atoms with Crippen molar-refractivity contribution in [1.29, 1.82) is 0 Å². The molecule has 5 nitrogen and oxygen atoms in total. The Kier molecular flexibility index (Phi) is 5.34. The van der Waals surface area contributed by atoms with Crippen molar-refractivity contribution in [2.45, 2.75) is 25.7 Å². The monoisotopic (exact) mass is 396 g/mol. The number of carbonyl (C=O) groups excluding carboxylic acids is 1. The molecule has 144 valence electrons. The predicted molar refractivity (Wildman–Crippen MR) is 109 cm³/mol. The number of amides is 1. The zero-order chi connectivity index (χ0) is 19.5. The van der Waals surface area contributed by atoms with E-state index in [-0.39, 0.29) is 17.6 Å². The highest BCUT2D eigenvalue weighted by Gasteiger charge is 2.27. The SMILES string of the molecule is Cc1ccc(C(=O)N2CCCC(c3ccnc(Nc4ccccc4F)n3)C2)s1. The molecule has 1 unspecified atom stereocenters. The van der Waals surface area contributed by atoms with E-state index in [2.05, 4.69) is 15.3 Å². The highest BCUT2D eigenvalue weighted by molar-refractivity contribution is 7.13. The molecular weight excluding hydrogens is 375 g/mol. The molecule has 1 aromatic carbocycles. The second kappa shape index (κ2) is 8.06. The first kappa shape index (κ1) is 18.6. The predicted octanol–water partition coefficient (Wildman–Crippen LogP) is 4.75. The van der Waals surface area contributed by atoms with Crippen LogP contribution >= 0.6 is 11.3 Å². The number of nitrogens with one attached hydrogen (secondary N) is 1. The zero-order valence-corrected chi connectivity index (χ0v) is 16.4. The van der Waals surface area contributed by atoms with Crippen LogP contribution in [0.3, 0.4) is 0 Å². The maximum Gasteiger partial charge on any atom is 0.263 e. The number of aryl methyl sites for hydroxylation is 1. The van der Waals surface area contributed by atoms with Gasteiger partial charge in [-0.2, -0.15) is 0 Å².